The fraction of sp³-hybridized carbons (Fsp3) is 0.158. The lowest BCUT2D eigenvalue weighted by molar-refractivity contribution is -0.115. The number of nitrogens with zero attached hydrogens (tertiary/aromatic N) is 2. The highest BCUT2D eigenvalue weighted by molar-refractivity contribution is 6.18. The molecule has 0 saturated carbocycles. The summed E-state index contributed by atoms with van der Waals surface area (Å²) in [4.78, 5) is 18.5. The van der Waals surface area contributed by atoms with Gasteiger partial charge in [-0.3, -0.25) is 10.1 Å². The van der Waals surface area contributed by atoms with E-state index in [4.69, 9.17) is 9.47 Å². The number of benzene rings is 2. The Bertz CT molecular complexity index is 875. The number of fused-ring (bicyclic) bond motifs is 1. The first-order chi connectivity index (χ1) is 12.2. The lowest BCUT2D eigenvalue weighted by atomic mass is 10.1. The molecule has 0 radical (unpaired) electrons. The first-order valence-corrected chi connectivity index (χ1v) is 8.01. The van der Waals surface area contributed by atoms with Gasteiger partial charge in [0.15, 0.2) is 11.5 Å². The summed E-state index contributed by atoms with van der Waals surface area (Å²) in [7, 11) is 1.86. The van der Waals surface area contributed by atoms with Crippen molar-refractivity contribution in [2.45, 2.75) is 0 Å². The predicted molar refractivity (Wildman–Crippen MR) is 95.8 cm³/mol. The molecule has 0 saturated heterocycles. The van der Waals surface area contributed by atoms with Crippen LogP contribution in [0.25, 0.3) is 6.08 Å². The molecule has 0 atom stereocenters. The summed E-state index contributed by atoms with van der Waals surface area (Å²) in [5.41, 5.74) is 2.14. The summed E-state index contributed by atoms with van der Waals surface area (Å²) in [5, 5.41) is 2.80. The van der Waals surface area contributed by atoms with E-state index in [-0.39, 0.29) is 5.91 Å². The maximum atomic E-state index is 12.2. The van der Waals surface area contributed by atoms with Crippen LogP contribution >= 0.6 is 0 Å². The molecule has 2 aromatic rings. The number of rotatable bonds is 2. The van der Waals surface area contributed by atoms with Crippen molar-refractivity contribution in [2.75, 3.05) is 25.2 Å². The summed E-state index contributed by atoms with van der Waals surface area (Å²) >= 11 is 0. The third kappa shape index (κ3) is 3.06. The smallest absolute Gasteiger partial charge is 0.276 e. The molecule has 1 amide bonds. The summed E-state index contributed by atoms with van der Waals surface area (Å²) in [6.07, 6.45) is 1.74. The van der Waals surface area contributed by atoms with Crippen LogP contribution < -0.4 is 19.7 Å². The average molecular weight is 335 g/mol. The lowest BCUT2D eigenvalue weighted by Crippen LogP contribution is -2.37. The van der Waals surface area contributed by atoms with Crippen molar-refractivity contribution in [2.24, 2.45) is 4.99 Å². The lowest BCUT2D eigenvalue weighted by Gasteiger charge is -2.18. The van der Waals surface area contributed by atoms with Crippen molar-refractivity contribution in [3.05, 3.63) is 59.8 Å². The van der Waals surface area contributed by atoms with Crippen molar-refractivity contribution in [3.8, 4) is 11.5 Å². The highest BCUT2D eigenvalue weighted by Gasteiger charge is 2.23. The van der Waals surface area contributed by atoms with E-state index in [1.165, 1.54) is 0 Å². The number of hydrogen-bond donors (Lipinski definition) is 1. The zero-order valence-electron chi connectivity index (χ0n) is 13.7. The molecule has 2 aliphatic heterocycles. The summed E-state index contributed by atoms with van der Waals surface area (Å²) < 4.78 is 11.1. The quantitative estimate of drug-likeness (QED) is 0.856. The number of ether oxygens (including phenoxy) is 2. The zero-order chi connectivity index (χ0) is 17.2. The molecule has 0 spiro atoms. The minimum Gasteiger partial charge on any atom is -0.486 e. The molecule has 0 aliphatic carbocycles. The van der Waals surface area contributed by atoms with Crippen molar-refractivity contribution in [3.63, 3.8) is 0 Å². The minimum absolute atomic E-state index is 0.229. The van der Waals surface area contributed by atoms with Gasteiger partial charge in [0.05, 0.1) is 0 Å². The predicted octanol–water partition coefficient (Wildman–Crippen LogP) is 2.42. The Morgan fingerprint density at radius 1 is 1.08 bits per heavy atom. The zero-order valence-corrected chi connectivity index (χ0v) is 13.7. The van der Waals surface area contributed by atoms with Crippen molar-refractivity contribution in [1.82, 2.24) is 5.32 Å². The van der Waals surface area contributed by atoms with Gasteiger partial charge >= 0.3 is 0 Å². The van der Waals surface area contributed by atoms with Crippen LogP contribution in [0.1, 0.15) is 5.56 Å². The van der Waals surface area contributed by atoms with Crippen LogP contribution in [-0.4, -0.2) is 32.1 Å². The standard InChI is InChI=1S/C19H17N3O3/c1-22(14-5-3-2-4-6-14)19-20-15(18(23)21-19)11-13-7-8-16-17(12-13)25-10-9-24-16/h2-8,11-12H,9-10H2,1H3,(H,20,21,23). The van der Waals surface area contributed by atoms with Crippen LogP contribution in [0.3, 0.4) is 0 Å². The summed E-state index contributed by atoms with van der Waals surface area (Å²) in [5.74, 6) is 1.68. The first kappa shape index (κ1) is 15.3. The number of carbonyl (C=O) groups is 1. The largest absolute Gasteiger partial charge is 0.486 e. The molecule has 2 aromatic carbocycles. The Kier molecular flexibility index (Phi) is 3.85. The molecular weight excluding hydrogens is 318 g/mol. The molecule has 0 fully saturated rings. The molecule has 4 rings (SSSR count). The van der Waals surface area contributed by atoms with E-state index in [9.17, 15) is 4.79 Å². The second-order valence-corrected chi connectivity index (χ2v) is 5.72. The van der Waals surface area contributed by atoms with Gasteiger partial charge < -0.3 is 14.4 Å². The van der Waals surface area contributed by atoms with Crippen molar-refractivity contribution >= 4 is 23.6 Å². The van der Waals surface area contributed by atoms with Gasteiger partial charge in [-0.1, -0.05) is 24.3 Å². The normalized spacial score (nSPS) is 17.2. The van der Waals surface area contributed by atoms with Crippen LogP contribution in [0.4, 0.5) is 5.69 Å². The fourth-order valence-electron chi connectivity index (χ4n) is 2.70. The number of anilines is 1. The van der Waals surface area contributed by atoms with Gasteiger partial charge in [-0.05, 0) is 35.9 Å². The molecule has 2 heterocycles. The van der Waals surface area contributed by atoms with E-state index in [0.717, 1.165) is 17.0 Å². The topological polar surface area (TPSA) is 63.2 Å². The number of nitrogens with one attached hydrogen (secondary N) is 1. The second kappa shape index (κ2) is 6.32. The van der Waals surface area contributed by atoms with Gasteiger partial charge in [0, 0.05) is 12.7 Å². The monoisotopic (exact) mass is 335 g/mol. The molecule has 2 aliphatic rings. The molecule has 0 bridgehead atoms. The first-order valence-electron chi connectivity index (χ1n) is 8.01. The number of amides is 1. The maximum Gasteiger partial charge on any atom is 0.276 e. The Labute approximate surface area is 145 Å². The van der Waals surface area contributed by atoms with E-state index in [1.54, 1.807) is 6.08 Å². The molecule has 1 N–H and O–H groups in total. The highest BCUT2D eigenvalue weighted by atomic mass is 16.6. The van der Waals surface area contributed by atoms with Gasteiger partial charge in [0.1, 0.15) is 18.9 Å². The van der Waals surface area contributed by atoms with Crippen LogP contribution in [0.15, 0.2) is 59.2 Å². The highest BCUT2D eigenvalue weighted by Crippen LogP contribution is 2.31. The molecule has 6 heteroatoms. The third-order valence-electron chi connectivity index (χ3n) is 4.02. The Hall–Kier alpha value is -3.28. The van der Waals surface area contributed by atoms with Gasteiger partial charge in [-0.15, -0.1) is 0 Å². The van der Waals surface area contributed by atoms with E-state index in [0.29, 0.717) is 30.6 Å². The second-order valence-electron chi connectivity index (χ2n) is 5.72. The Balaban J connectivity index is 1.61. The summed E-state index contributed by atoms with van der Waals surface area (Å²) in [6, 6.07) is 15.3. The van der Waals surface area contributed by atoms with E-state index < -0.39 is 0 Å². The van der Waals surface area contributed by atoms with Gasteiger partial charge in [-0.2, -0.15) is 0 Å². The van der Waals surface area contributed by atoms with Crippen molar-refractivity contribution < 1.29 is 14.3 Å². The van der Waals surface area contributed by atoms with Crippen LogP contribution in [-0.2, 0) is 4.79 Å². The number of aliphatic imine (C=N–C) groups is 1. The molecule has 25 heavy (non-hydrogen) atoms. The van der Waals surface area contributed by atoms with Crippen molar-refractivity contribution in [1.29, 1.82) is 0 Å². The Morgan fingerprint density at radius 2 is 1.84 bits per heavy atom. The number of para-hydroxylation sites is 1. The van der Waals surface area contributed by atoms with E-state index in [1.807, 2.05) is 60.5 Å². The van der Waals surface area contributed by atoms with Crippen LogP contribution in [0, 0.1) is 0 Å². The number of guanidine groups is 1. The molecule has 126 valence electrons. The Morgan fingerprint density at radius 3 is 2.64 bits per heavy atom. The summed E-state index contributed by atoms with van der Waals surface area (Å²) in [6.45, 7) is 1.08. The third-order valence-corrected chi connectivity index (χ3v) is 4.02. The number of hydrogen-bond acceptors (Lipinski definition) is 5. The average Bonchev–Trinajstić information content (AvgIpc) is 3.02. The SMILES string of the molecule is CN(C1=NC(=Cc2ccc3c(c2)OCCO3)C(=O)N1)c1ccccc1. The fourth-order valence-corrected chi connectivity index (χ4v) is 2.70. The maximum absolute atomic E-state index is 12.2. The van der Waals surface area contributed by atoms with Crippen LogP contribution in [0.5, 0.6) is 11.5 Å². The molecule has 6 nitrogen and oxygen atoms in total. The van der Waals surface area contributed by atoms with E-state index >= 15 is 0 Å². The minimum atomic E-state index is -0.229. The van der Waals surface area contributed by atoms with Gasteiger partial charge in [-0.25, -0.2) is 4.99 Å². The molecule has 0 aromatic heterocycles. The van der Waals surface area contributed by atoms with E-state index in [2.05, 4.69) is 10.3 Å². The van der Waals surface area contributed by atoms with Crippen LogP contribution in [0.2, 0.25) is 0 Å². The molecular formula is C19H17N3O3. The van der Waals surface area contributed by atoms with Gasteiger partial charge in [0.25, 0.3) is 5.91 Å². The van der Waals surface area contributed by atoms with Gasteiger partial charge in [0.2, 0.25) is 5.96 Å². The number of carbonyl (C=O) groups excluding carboxylic acids is 1. The molecule has 0 unspecified atom stereocenters.